The number of aldehydes is 1. The van der Waals surface area contributed by atoms with Gasteiger partial charge < -0.3 is 19.8 Å². The fraction of sp³-hybridized carbons (Fsp3) is 0.190. The lowest BCUT2D eigenvalue weighted by Gasteiger charge is -2.23. The van der Waals surface area contributed by atoms with Crippen LogP contribution in [0.5, 0.6) is 0 Å². The molecule has 0 atom stereocenters. The number of pyridine rings is 2. The van der Waals surface area contributed by atoms with Crippen molar-refractivity contribution in [3.05, 3.63) is 60.4 Å². The number of aromatic nitrogens is 5. The molecule has 0 saturated heterocycles. The van der Waals surface area contributed by atoms with Crippen molar-refractivity contribution in [2.24, 2.45) is 7.05 Å². The molecule has 4 aromatic rings. The van der Waals surface area contributed by atoms with Gasteiger partial charge in [0, 0.05) is 56.5 Å². The summed E-state index contributed by atoms with van der Waals surface area (Å²) in [5.74, 6) is 0.709. The highest BCUT2D eigenvalue weighted by Gasteiger charge is 2.24. The first-order valence-electron chi connectivity index (χ1n) is 9.57. The van der Waals surface area contributed by atoms with Crippen molar-refractivity contribution < 1.29 is 9.59 Å². The Morgan fingerprint density at radius 2 is 1.94 bits per heavy atom. The molecule has 4 rings (SSSR count). The Labute approximate surface area is 178 Å². The van der Waals surface area contributed by atoms with Crippen LogP contribution in [0.15, 0.2) is 49.1 Å². The zero-order valence-corrected chi connectivity index (χ0v) is 17.4. The highest BCUT2D eigenvalue weighted by molar-refractivity contribution is 5.95. The van der Waals surface area contributed by atoms with Gasteiger partial charge in [0.15, 0.2) is 12.1 Å². The molecule has 0 aliphatic carbocycles. The third-order valence-electron chi connectivity index (χ3n) is 4.99. The average molecular weight is 418 g/mol. The summed E-state index contributed by atoms with van der Waals surface area (Å²) in [5, 5.41) is 4.16. The molecule has 0 aliphatic rings. The molecule has 2 N–H and O–H groups in total. The van der Waals surface area contributed by atoms with Crippen LogP contribution in [-0.4, -0.2) is 55.8 Å². The van der Waals surface area contributed by atoms with Crippen molar-refractivity contribution in [1.82, 2.24) is 29.4 Å². The van der Waals surface area contributed by atoms with E-state index in [1.165, 1.54) is 4.90 Å². The van der Waals surface area contributed by atoms with Gasteiger partial charge in [0.25, 0.3) is 0 Å². The number of amides is 2. The van der Waals surface area contributed by atoms with Crippen molar-refractivity contribution >= 4 is 40.7 Å². The summed E-state index contributed by atoms with van der Waals surface area (Å²) in [7, 11) is 5.01. The summed E-state index contributed by atoms with van der Waals surface area (Å²) >= 11 is 0. The topological polar surface area (TPSA) is 112 Å². The molecule has 158 valence electrons. The van der Waals surface area contributed by atoms with E-state index >= 15 is 0 Å². The van der Waals surface area contributed by atoms with E-state index in [4.69, 9.17) is 0 Å². The Morgan fingerprint density at radius 3 is 2.65 bits per heavy atom. The number of hydrogen-bond donors (Lipinski definition) is 2. The number of imidazole rings is 1. The number of carbonyl (C=O) groups excluding carboxylic acids is 2. The zero-order chi connectivity index (χ0) is 22.0. The number of nitrogens with zero attached hydrogens (tertiary/aromatic N) is 6. The first-order chi connectivity index (χ1) is 15.0. The molecule has 2 amide bonds. The maximum absolute atomic E-state index is 13.0. The molecule has 0 aliphatic heterocycles. The molecule has 0 bridgehead atoms. The largest absolute Gasteiger partial charge is 0.356 e. The number of nitrogens with one attached hydrogen (secondary N) is 2. The lowest BCUT2D eigenvalue weighted by atomic mass is 10.3. The summed E-state index contributed by atoms with van der Waals surface area (Å²) in [6.45, 7) is 0.364. The molecule has 0 saturated carbocycles. The smallest absolute Gasteiger partial charge is 0.325 e. The van der Waals surface area contributed by atoms with Crippen LogP contribution < -0.4 is 10.2 Å². The van der Waals surface area contributed by atoms with Crippen molar-refractivity contribution in [3.8, 4) is 0 Å². The molecular weight excluding hydrogens is 396 g/mol. The number of hydrogen-bond acceptors (Lipinski definition) is 6. The maximum Gasteiger partial charge on any atom is 0.325 e. The Bertz CT molecular complexity index is 1200. The van der Waals surface area contributed by atoms with Gasteiger partial charge in [-0.3, -0.25) is 19.7 Å². The van der Waals surface area contributed by atoms with Gasteiger partial charge in [-0.05, 0) is 24.3 Å². The highest BCUT2D eigenvalue weighted by Crippen LogP contribution is 2.24. The first kappa shape index (κ1) is 20.1. The van der Waals surface area contributed by atoms with Crippen LogP contribution in [0.25, 0.3) is 10.9 Å². The normalized spacial score (nSPS) is 10.8. The Kier molecular flexibility index (Phi) is 5.35. The van der Waals surface area contributed by atoms with Crippen LogP contribution in [-0.2, 0) is 13.6 Å². The summed E-state index contributed by atoms with van der Waals surface area (Å²) < 4.78 is 1.61. The third kappa shape index (κ3) is 3.95. The first-order valence-corrected chi connectivity index (χ1v) is 9.57. The quantitative estimate of drug-likeness (QED) is 0.466. The third-order valence-corrected chi connectivity index (χ3v) is 4.99. The minimum absolute atomic E-state index is 0.270. The second-order valence-electron chi connectivity index (χ2n) is 7.14. The predicted octanol–water partition coefficient (Wildman–Crippen LogP) is 2.94. The van der Waals surface area contributed by atoms with Crippen molar-refractivity contribution in [2.45, 2.75) is 6.54 Å². The van der Waals surface area contributed by atoms with E-state index in [1.54, 1.807) is 67.5 Å². The summed E-state index contributed by atoms with van der Waals surface area (Å²) in [5.41, 5.74) is 2.85. The molecule has 0 spiro atoms. The number of urea groups is 1. The molecule has 0 radical (unpaired) electrons. The second kappa shape index (κ2) is 8.27. The van der Waals surface area contributed by atoms with E-state index in [1.807, 2.05) is 12.1 Å². The van der Waals surface area contributed by atoms with Gasteiger partial charge in [0.05, 0.1) is 18.3 Å². The summed E-state index contributed by atoms with van der Waals surface area (Å²) in [4.78, 5) is 43.5. The lowest BCUT2D eigenvalue weighted by Crippen LogP contribution is -2.39. The summed E-state index contributed by atoms with van der Waals surface area (Å²) in [6.07, 6.45) is 7.46. The van der Waals surface area contributed by atoms with Gasteiger partial charge >= 0.3 is 6.03 Å². The van der Waals surface area contributed by atoms with Crippen LogP contribution >= 0.6 is 0 Å². The Morgan fingerprint density at radius 1 is 1.19 bits per heavy atom. The van der Waals surface area contributed by atoms with E-state index in [9.17, 15) is 9.59 Å². The SMILES string of the molecule is CN(Cc1cc2ccncc2[nH]1)C(=O)N(C)c1nc(Nc2ccncc2)n(C)c1C=O. The fourth-order valence-corrected chi connectivity index (χ4v) is 3.34. The van der Waals surface area contributed by atoms with Gasteiger partial charge in [0.1, 0.15) is 5.69 Å². The number of rotatable bonds is 6. The van der Waals surface area contributed by atoms with E-state index < -0.39 is 0 Å². The van der Waals surface area contributed by atoms with Crippen molar-refractivity contribution in [3.63, 3.8) is 0 Å². The number of carbonyl (C=O) groups is 2. The molecule has 0 aromatic carbocycles. The van der Waals surface area contributed by atoms with Crippen LogP contribution in [0.2, 0.25) is 0 Å². The van der Waals surface area contributed by atoms with Crippen molar-refractivity contribution in [2.75, 3.05) is 24.3 Å². The molecule has 10 nitrogen and oxygen atoms in total. The molecule has 10 heteroatoms. The van der Waals surface area contributed by atoms with Crippen LogP contribution in [0, 0.1) is 0 Å². The van der Waals surface area contributed by atoms with Gasteiger partial charge in [-0.15, -0.1) is 0 Å². The predicted molar refractivity (Wildman–Crippen MR) is 117 cm³/mol. The molecule has 31 heavy (non-hydrogen) atoms. The number of H-pyrrole nitrogens is 1. The minimum Gasteiger partial charge on any atom is -0.356 e. The van der Waals surface area contributed by atoms with Crippen LogP contribution in [0.4, 0.5) is 22.2 Å². The maximum atomic E-state index is 13.0. The standard InChI is InChI=1S/C21H22N8O2/c1-27(12-16-10-14-4-7-23-11-17(14)24-16)21(31)29(3)19-18(13-30)28(2)20(26-19)25-15-5-8-22-9-6-15/h4-11,13,24H,12H2,1-3H3,(H,22,25,26). The highest BCUT2D eigenvalue weighted by atomic mass is 16.2. The molecule has 0 unspecified atom stereocenters. The number of fused-ring (bicyclic) bond motifs is 1. The molecule has 0 fully saturated rings. The van der Waals surface area contributed by atoms with E-state index in [2.05, 4.69) is 25.3 Å². The van der Waals surface area contributed by atoms with Gasteiger partial charge in [-0.2, -0.15) is 4.98 Å². The van der Waals surface area contributed by atoms with Gasteiger partial charge in [-0.25, -0.2) is 4.79 Å². The lowest BCUT2D eigenvalue weighted by molar-refractivity contribution is 0.111. The van der Waals surface area contributed by atoms with E-state index in [0.29, 0.717) is 18.8 Å². The fourth-order valence-electron chi connectivity index (χ4n) is 3.34. The van der Waals surface area contributed by atoms with E-state index in [-0.39, 0.29) is 17.5 Å². The zero-order valence-electron chi connectivity index (χ0n) is 17.4. The second-order valence-corrected chi connectivity index (χ2v) is 7.14. The van der Waals surface area contributed by atoms with Crippen LogP contribution in [0.3, 0.4) is 0 Å². The number of aromatic amines is 1. The monoisotopic (exact) mass is 418 g/mol. The summed E-state index contributed by atoms with van der Waals surface area (Å²) in [6, 6.07) is 7.16. The molecule has 4 heterocycles. The molecular formula is C21H22N8O2. The van der Waals surface area contributed by atoms with Gasteiger partial charge in [-0.1, -0.05) is 0 Å². The van der Waals surface area contributed by atoms with Crippen molar-refractivity contribution in [1.29, 1.82) is 0 Å². The number of anilines is 3. The van der Waals surface area contributed by atoms with Crippen LogP contribution in [0.1, 0.15) is 16.2 Å². The average Bonchev–Trinajstić information content (AvgIpc) is 3.33. The Hall–Kier alpha value is -4.21. The Balaban J connectivity index is 1.54. The van der Waals surface area contributed by atoms with E-state index in [0.717, 1.165) is 22.3 Å². The molecule has 4 aromatic heterocycles. The minimum atomic E-state index is -0.298. The van der Waals surface area contributed by atoms with Gasteiger partial charge in [0.2, 0.25) is 5.95 Å².